The first-order valence-corrected chi connectivity index (χ1v) is 19.3. The number of amides is 2. The highest BCUT2D eigenvalue weighted by Crippen LogP contribution is 2.36. The van der Waals surface area contributed by atoms with Crippen LogP contribution in [0, 0.1) is 6.92 Å². The molecule has 4 aromatic carbocycles. The Bertz CT molecular complexity index is 1930. The minimum absolute atomic E-state index is 0.0304. The standard InChI is InChI=1S/C23H26F3NO2.C23H29NO/c1-22(2,3)18-11-9-15(10-12-18)21(28)27-19-13-16-7-5-4-6-8-17(16)14-20(19)29-23(24,25)26;1-16-20-9-7-5-6-8-17(20)12-15-21(16)24-22(25)18-10-13-19(14-11-18)23(2,3)4/h9-14H,4-8H2,1-3H3,(H,27,28);10-15H,5-9H2,1-4H3,(H,24,25). The monoisotopic (exact) mass is 740 g/mol. The van der Waals surface area contributed by atoms with Gasteiger partial charge in [-0.15, -0.1) is 13.2 Å². The van der Waals surface area contributed by atoms with Gasteiger partial charge in [-0.1, -0.05) is 84.7 Å². The second-order valence-electron chi connectivity index (χ2n) is 16.7. The van der Waals surface area contributed by atoms with Crippen LogP contribution in [0.4, 0.5) is 24.5 Å². The Labute approximate surface area is 319 Å². The number of anilines is 2. The molecular weight excluding hydrogens is 686 g/mol. The number of alkyl halides is 3. The van der Waals surface area contributed by atoms with Gasteiger partial charge in [0.25, 0.3) is 11.8 Å². The number of nitrogens with one attached hydrogen (secondary N) is 2. The van der Waals surface area contributed by atoms with E-state index in [1.54, 1.807) is 18.2 Å². The molecular formula is C46H55F3N2O3. The molecule has 2 aliphatic carbocycles. The molecule has 2 amide bonds. The van der Waals surface area contributed by atoms with E-state index >= 15 is 0 Å². The highest BCUT2D eigenvalue weighted by atomic mass is 19.4. The number of hydrogen-bond donors (Lipinski definition) is 2. The van der Waals surface area contributed by atoms with Crippen molar-refractivity contribution in [2.75, 3.05) is 10.6 Å². The van der Waals surface area contributed by atoms with Crippen molar-refractivity contribution in [2.45, 2.75) is 130 Å². The molecule has 2 aliphatic rings. The first-order chi connectivity index (χ1) is 25.4. The molecule has 0 aliphatic heterocycles. The van der Waals surface area contributed by atoms with Gasteiger partial charge >= 0.3 is 6.36 Å². The van der Waals surface area contributed by atoms with E-state index in [-0.39, 0.29) is 28.2 Å². The van der Waals surface area contributed by atoms with Gasteiger partial charge in [-0.3, -0.25) is 9.59 Å². The van der Waals surface area contributed by atoms with Crippen LogP contribution in [0.25, 0.3) is 0 Å². The summed E-state index contributed by atoms with van der Waals surface area (Å²) in [4.78, 5) is 25.3. The molecule has 0 spiro atoms. The maximum absolute atomic E-state index is 12.9. The first kappa shape index (κ1) is 40.6. The van der Waals surface area contributed by atoms with E-state index in [0.29, 0.717) is 17.5 Å². The third-order valence-electron chi connectivity index (χ3n) is 10.5. The van der Waals surface area contributed by atoms with Gasteiger partial charge in [0.05, 0.1) is 5.69 Å². The molecule has 4 aromatic rings. The summed E-state index contributed by atoms with van der Waals surface area (Å²) in [6.45, 7) is 14.9. The molecule has 0 saturated carbocycles. The molecule has 2 N–H and O–H groups in total. The van der Waals surface area contributed by atoms with Crippen LogP contribution in [-0.4, -0.2) is 18.2 Å². The zero-order chi connectivity index (χ0) is 39.3. The molecule has 5 nitrogen and oxygen atoms in total. The minimum Gasteiger partial charge on any atom is -0.404 e. The molecule has 0 aromatic heterocycles. The summed E-state index contributed by atoms with van der Waals surface area (Å²) in [5, 5.41) is 5.73. The second-order valence-corrected chi connectivity index (χ2v) is 16.7. The quantitative estimate of drug-likeness (QED) is 0.200. The van der Waals surface area contributed by atoms with Crippen molar-refractivity contribution in [2.24, 2.45) is 0 Å². The molecule has 8 heteroatoms. The molecule has 0 heterocycles. The molecule has 0 fully saturated rings. The highest BCUT2D eigenvalue weighted by molar-refractivity contribution is 6.05. The van der Waals surface area contributed by atoms with Crippen LogP contribution in [0.1, 0.15) is 140 Å². The van der Waals surface area contributed by atoms with Crippen molar-refractivity contribution in [3.63, 3.8) is 0 Å². The third kappa shape index (κ3) is 10.8. The fourth-order valence-electron chi connectivity index (χ4n) is 7.20. The lowest BCUT2D eigenvalue weighted by atomic mass is 9.86. The molecule has 0 atom stereocenters. The Kier molecular flexibility index (Phi) is 12.7. The largest absolute Gasteiger partial charge is 0.573 e. The predicted octanol–water partition coefficient (Wildman–Crippen LogP) is 12.2. The van der Waals surface area contributed by atoms with Gasteiger partial charge < -0.3 is 15.4 Å². The Morgan fingerprint density at radius 3 is 1.48 bits per heavy atom. The number of benzene rings is 4. The number of aryl methyl sites for hydroxylation is 3. The number of carbonyl (C=O) groups excluding carboxylic acids is 2. The molecule has 6 rings (SSSR count). The van der Waals surface area contributed by atoms with Crippen molar-refractivity contribution in [1.29, 1.82) is 0 Å². The van der Waals surface area contributed by atoms with Crippen LogP contribution in [0.5, 0.6) is 5.75 Å². The van der Waals surface area contributed by atoms with E-state index in [2.05, 4.69) is 88.1 Å². The Balaban J connectivity index is 0.000000210. The minimum atomic E-state index is -4.83. The number of rotatable bonds is 5. The summed E-state index contributed by atoms with van der Waals surface area (Å²) in [6.07, 6.45) is 5.74. The van der Waals surface area contributed by atoms with Crippen LogP contribution in [0.2, 0.25) is 0 Å². The van der Waals surface area contributed by atoms with E-state index in [1.807, 2.05) is 24.3 Å². The number of halogens is 3. The Morgan fingerprint density at radius 1 is 0.556 bits per heavy atom. The number of carbonyl (C=O) groups is 2. The highest BCUT2D eigenvalue weighted by Gasteiger charge is 2.33. The normalized spacial score (nSPS) is 14.6. The van der Waals surface area contributed by atoms with Crippen molar-refractivity contribution < 1.29 is 27.5 Å². The maximum atomic E-state index is 12.9. The Morgan fingerprint density at radius 2 is 1.00 bits per heavy atom. The van der Waals surface area contributed by atoms with Crippen molar-refractivity contribution in [3.8, 4) is 5.75 Å². The lowest BCUT2D eigenvalue weighted by molar-refractivity contribution is -0.274. The van der Waals surface area contributed by atoms with Gasteiger partial charge in [-0.05, 0) is 151 Å². The average molecular weight is 741 g/mol. The maximum Gasteiger partial charge on any atom is 0.573 e. The first-order valence-electron chi connectivity index (χ1n) is 19.3. The summed E-state index contributed by atoms with van der Waals surface area (Å²) in [7, 11) is 0. The topological polar surface area (TPSA) is 67.4 Å². The van der Waals surface area contributed by atoms with Gasteiger partial charge in [-0.2, -0.15) is 0 Å². The molecule has 0 unspecified atom stereocenters. The smallest absolute Gasteiger partial charge is 0.404 e. The van der Waals surface area contributed by atoms with Crippen LogP contribution in [0.15, 0.2) is 72.8 Å². The van der Waals surface area contributed by atoms with Crippen LogP contribution in [-0.2, 0) is 36.5 Å². The molecule has 0 radical (unpaired) electrons. The van der Waals surface area contributed by atoms with Crippen molar-refractivity contribution in [1.82, 2.24) is 0 Å². The average Bonchev–Trinajstić information content (AvgIpc) is 3.49. The van der Waals surface area contributed by atoms with Crippen LogP contribution in [0.3, 0.4) is 0 Å². The molecule has 0 saturated heterocycles. The van der Waals surface area contributed by atoms with E-state index in [4.69, 9.17) is 0 Å². The van der Waals surface area contributed by atoms with Gasteiger partial charge in [0.15, 0.2) is 5.75 Å². The molecule has 288 valence electrons. The fraction of sp³-hybridized carbons (Fsp3) is 0.435. The van der Waals surface area contributed by atoms with Crippen molar-refractivity contribution >= 4 is 23.2 Å². The third-order valence-corrected chi connectivity index (χ3v) is 10.5. The van der Waals surface area contributed by atoms with E-state index in [0.717, 1.165) is 54.5 Å². The number of hydrogen-bond acceptors (Lipinski definition) is 3. The van der Waals surface area contributed by atoms with E-state index in [1.165, 1.54) is 54.0 Å². The van der Waals surface area contributed by atoms with Gasteiger partial charge in [0.1, 0.15) is 0 Å². The fourth-order valence-corrected chi connectivity index (χ4v) is 7.20. The molecule has 54 heavy (non-hydrogen) atoms. The predicted molar refractivity (Wildman–Crippen MR) is 213 cm³/mol. The summed E-state index contributed by atoms with van der Waals surface area (Å²) >= 11 is 0. The summed E-state index contributed by atoms with van der Waals surface area (Å²) in [5.74, 6) is -0.860. The molecule has 0 bridgehead atoms. The second kappa shape index (κ2) is 16.8. The summed E-state index contributed by atoms with van der Waals surface area (Å²) in [6, 6.07) is 22.4. The zero-order valence-electron chi connectivity index (χ0n) is 32.9. The number of ether oxygens (including phenoxy) is 1. The van der Waals surface area contributed by atoms with E-state index < -0.39 is 12.3 Å². The summed E-state index contributed by atoms with van der Waals surface area (Å²) < 4.78 is 43.0. The number of fused-ring (bicyclic) bond motifs is 2. The van der Waals surface area contributed by atoms with Gasteiger partial charge in [0, 0.05) is 16.8 Å². The van der Waals surface area contributed by atoms with Gasteiger partial charge in [0.2, 0.25) is 0 Å². The lowest BCUT2D eigenvalue weighted by Gasteiger charge is -2.19. The van der Waals surface area contributed by atoms with Crippen LogP contribution < -0.4 is 15.4 Å². The lowest BCUT2D eigenvalue weighted by Crippen LogP contribution is -2.20. The van der Waals surface area contributed by atoms with Gasteiger partial charge in [-0.25, -0.2) is 0 Å². The van der Waals surface area contributed by atoms with Crippen LogP contribution >= 0.6 is 0 Å². The Hall–Kier alpha value is -4.59. The van der Waals surface area contributed by atoms with Crippen molar-refractivity contribution in [3.05, 3.63) is 123 Å². The van der Waals surface area contributed by atoms with E-state index in [9.17, 15) is 22.8 Å². The summed E-state index contributed by atoms with van der Waals surface area (Å²) in [5.41, 5.74) is 10.4. The SMILES string of the molecule is CC(C)(C)c1ccc(C(=O)Nc2cc3c(cc2OC(F)(F)F)CCCCC3)cc1.Cc1c(NC(=O)c2ccc(C(C)(C)C)cc2)ccc2c1CCCCC2. The zero-order valence-corrected chi connectivity index (χ0v) is 32.9.